The number of nitrogens with zero attached hydrogens (tertiary/aromatic N) is 2. The van der Waals surface area contributed by atoms with Gasteiger partial charge in [0, 0.05) is 5.69 Å². The summed E-state index contributed by atoms with van der Waals surface area (Å²) in [6, 6.07) is 12.4. The van der Waals surface area contributed by atoms with Crippen molar-refractivity contribution >= 4 is 17.1 Å². The molecule has 104 valence electrons. The van der Waals surface area contributed by atoms with Crippen molar-refractivity contribution < 1.29 is 9.50 Å². The average molecular weight is 274 g/mol. The summed E-state index contributed by atoms with van der Waals surface area (Å²) in [4.78, 5) is 12.5. The van der Waals surface area contributed by atoms with Gasteiger partial charge >= 0.3 is 0 Å². The fourth-order valence-electron chi connectivity index (χ4n) is 2.00. The molecule has 0 saturated carbocycles. The highest BCUT2D eigenvalue weighted by Crippen LogP contribution is 2.35. The van der Waals surface area contributed by atoms with Gasteiger partial charge in [-0.25, -0.2) is 4.39 Å². The molecule has 0 heterocycles. The van der Waals surface area contributed by atoms with Crippen molar-refractivity contribution in [3.8, 4) is 0 Å². The van der Waals surface area contributed by atoms with Crippen molar-refractivity contribution in [1.29, 1.82) is 0 Å². The van der Waals surface area contributed by atoms with E-state index in [0.29, 0.717) is 17.8 Å². The Labute approximate surface area is 116 Å². The third-order valence-electron chi connectivity index (χ3n) is 3.01. The molecule has 0 saturated heterocycles. The fraction of sp³-hybridized carbons (Fsp3) is 0.200. The molecule has 0 aromatic heterocycles. The summed E-state index contributed by atoms with van der Waals surface area (Å²) in [5.41, 5.74) is 1.31. The predicted octanol–water partition coefficient (Wildman–Crippen LogP) is 4.09. The Morgan fingerprint density at radius 3 is 2.45 bits per heavy atom. The molecule has 0 amide bonds. The second-order valence-corrected chi connectivity index (χ2v) is 4.32. The Bertz CT molecular complexity index is 587. The normalized spacial score (nSPS) is 11.9. The molecular weight excluding hydrogens is 259 g/mol. The third-order valence-corrected chi connectivity index (χ3v) is 3.01. The van der Waals surface area contributed by atoms with E-state index in [9.17, 15) is 14.4 Å². The first-order valence-electron chi connectivity index (χ1n) is 6.32. The maximum atomic E-state index is 13.0. The van der Waals surface area contributed by atoms with Crippen LogP contribution < -0.4 is 4.90 Å². The molecule has 2 rings (SSSR count). The van der Waals surface area contributed by atoms with Crippen LogP contribution in [0.4, 0.5) is 21.5 Å². The van der Waals surface area contributed by atoms with Crippen molar-refractivity contribution in [2.24, 2.45) is 5.18 Å². The Hall–Kier alpha value is -2.27. The molecule has 4 nitrogen and oxygen atoms in total. The standard InChI is InChI=1S/C15H15FN2O2/c1-2-15(19)18(12-9-7-11(16)8-10-12)14-6-4-3-5-13(14)17-20/h3-10,15,19H,2H2,1H3. The molecule has 0 spiro atoms. The molecule has 2 aromatic carbocycles. The summed E-state index contributed by atoms with van der Waals surface area (Å²) >= 11 is 0. The van der Waals surface area contributed by atoms with Crippen LogP contribution in [0, 0.1) is 10.7 Å². The average Bonchev–Trinajstić information content (AvgIpc) is 2.49. The molecule has 1 atom stereocenters. The second-order valence-electron chi connectivity index (χ2n) is 4.32. The largest absolute Gasteiger partial charge is 0.373 e. The molecule has 0 aliphatic rings. The maximum absolute atomic E-state index is 13.0. The van der Waals surface area contributed by atoms with E-state index in [1.807, 2.05) is 6.92 Å². The zero-order chi connectivity index (χ0) is 14.5. The number of benzene rings is 2. The smallest absolute Gasteiger partial charge is 0.131 e. The van der Waals surface area contributed by atoms with Crippen LogP contribution in [0.2, 0.25) is 0 Å². The summed E-state index contributed by atoms with van der Waals surface area (Å²) < 4.78 is 13.0. The van der Waals surface area contributed by atoms with E-state index < -0.39 is 6.23 Å². The number of anilines is 2. The number of hydrogen-bond acceptors (Lipinski definition) is 4. The number of hydrogen-bond donors (Lipinski definition) is 1. The van der Waals surface area contributed by atoms with Crippen LogP contribution in [-0.2, 0) is 0 Å². The van der Waals surface area contributed by atoms with E-state index in [-0.39, 0.29) is 11.5 Å². The van der Waals surface area contributed by atoms with Crippen LogP contribution in [0.15, 0.2) is 53.7 Å². The summed E-state index contributed by atoms with van der Waals surface area (Å²) in [6.45, 7) is 1.82. The number of aliphatic hydroxyl groups excluding tert-OH is 1. The van der Waals surface area contributed by atoms with Crippen LogP contribution >= 0.6 is 0 Å². The van der Waals surface area contributed by atoms with Gasteiger partial charge in [0.15, 0.2) is 0 Å². The van der Waals surface area contributed by atoms with Crippen molar-refractivity contribution in [2.75, 3.05) is 4.90 Å². The lowest BCUT2D eigenvalue weighted by atomic mass is 10.2. The van der Waals surface area contributed by atoms with Gasteiger partial charge in [-0.3, -0.25) is 0 Å². The van der Waals surface area contributed by atoms with Gasteiger partial charge in [0.05, 0.1) is 5.69 Å². The minimum atomic E-state index is -0.830. The van der Waals surface area contributed by atoms with Crippen molar-refractivity contribution in [1.82, 2.24) is 0 Å². The van der Waals surface area contributed by atoms with Crippen LogP contribution in [0.25, 0.3) is 0 Å². The van der Waals surface area contributed by atoms with Gasteiger partial charge in [0.2, 0.25) is 0 Å². The molecule has 20 heavy (non-hydrogen) atoms. The summed E-state index contributed by atoms with van der Waals surface area (Å²) in [6.07, 6.45) is -0.381. The molecular formula is C15H15FN2O2. The topological polar surface area (TPSA) is 52.9 Å². The molecule has 0 bridgehead atoms. The number of aliphatic hydroxyl groups is 1. The first-order chi connectivity index (χ1) is 9.67. The van der Waals surface area contributed by atoms with Gasteiger partial charge in [-0.1, -0.05) is 19.1 Å². The molecule has 0 aliphatic heterocycles. The zero-order valence-corrected chi connectivity index (χ0v) is 11.0. The maximum Gasteiger partial charge on any atom is 0.131 e. The van der Waals surface area contributed by atoms with Crippen molar-refractivity contribution in [3.63, 3.8) is 0 Å². The molecule has 1 unspecified atom stereocenters. The van der Waals surface area contributed by atoms with Crippen LogP contribution in [-0.4, -0.2) is 11.3 Å². The Morgan fingerprint density at radius 1 is 1.20 bits per heavy atom. The minimum Gasteiger partial charge on any atom is -0.373 e. The SMILES string of the molecule is CCC(O)N(c1ccc(F)cc1)c1ccccc1N=O. The van der Waals surface area contributed by atoms with Gasteiger partial charge in [0.25, 0.3) is 0 Å². The first-order valence-corrected chi connectivity index (χ1v) is 6.32. The van der Waals surface area contributed by atoms with Crippen LogP contribution in [0.1, 0.15) is 13.3 Å². The lowest BCUT2D eigenvalue weighted by Crippen LogP contribution is -2.30. The highest BCUT2D eigenvalue weighted by atomic mass is 19.1. The number of para-hydroxylation sites is 1. The van der Waals surface area contributed by atoms with E-state index in [0.717, 1.165) is 0 Å². The number of halogens is 1. The molecule has 0 fully saturated rings. The third kappa shape index (κ3) is 2.83. The highest BCUT2D eigenvalue weighted by Gasteiger charge is 2.20. The van der Waals surface area contributed by atoms with Gasteiger partial charge in [-0.05, 0) is 48.0 Å². The Morgan fingerprint density at radius 2 is 1.85 bits per heavy atom. The second kappa shape index (κ2) is 6.25. The number of rotatable bonds is 5. The fourth-order valence-corrected chi connectivity index (χ4v) is 2.00. The molecule has 2 aromatic rings. The van der Waals surface area contributed by atoms with E-state index in [4.69, 9.17) is 0 Å². The monoisotopic (exact) mass is 274 g/mol. The first kappa shape index (κ1) is 14.1. The van der Waals surface area contributed by atoms with E-state index in [1.54, 1.807) is 41.3 Å². The van der Waals surface area contributed by atoms with E-state index in [2.05, 4.69) is 5.18 Å². The summed E-state index contributed by atoms with van der Waals surface area (Å²) in [5.74, 6) is -0.360. The van der Waals surface area contributed by atoms with Gasteiger partial charge in [0.1, 0.15) is 17.7 Å². The van der Waals surface area contributed by atoms with Crippen LogP contribution in [0.3, 0.4) is 0 Å². The molecule has 1 N–H and O–H groups in total. The lowest BCUT2D eigenvalue weighted by molar-refractivity contribution is 0.177. The predicted molar refractivity (Wildman–Crippen MR) is 76.7 cm³/mol. The Balaban J connectivity index is 2.52. The van der Waals surface area contributed by atoms with E-state index >= 15 is 0 Å². The highest BCUT2D eigenvalue weighted by molar-refractivity contribution is 5.74. The number of nitroso groups, excluding NO2 is 1. The quantitative estimate of drug-likeness (QED) is 0.660. The van der Waals surface area contributed by atoms with E-state index in [1.165, 1.54) is 12.1 Å². The summed E-state index contributed by atoms with van der Waals surface area (Å²) in [5, 5.41) is 13.2. The zero-order valence-electron chi connectivity index (χ0n) is 11.0. The molecule has 0 aliphatic carbocycles. The van der Waals surface area contributed by atoms with Gasteiger partial charge in [-0.15, -0.1) is 4.91 Å². The molecule has 0 radical (unpaired) electrons. The van der Waals surface area contributed by atoms with Gasteiger partial charge in [-0.2, -0.15) is 0 Å². The Kier molecular flexibility index (Phi) is 4.42. The van der Waals surface area contributed by atoms with Crippen molar-refractivity contribution in [3.05, 3.63) is 59.3 Å². The lowest BCUT2D eigenvalue weighted by Gasteiger charge is -2.30. The van der Waals surface area contributed by atoms with Crippen LogP contribution in [0.5, 0.6) is 0 Å². The van der Waals surface area contributed by atoms with Gasteiger partial charge < -0.3 is 10.0 Å². The molecule has 5 heteroatoms. The van der Waals surface area contributed by atoms with Crippen molar-refractivity contribution in [2.45, 2.75) is 19.6 Å². The summed E-state index contributed by atoms with van der Waals surface area (Å²) in [7, 11) is 0. The minimum absolute atomic E-state index is 0.226.